The Morgan fingerprint density at radius 1 is 0.382 bits per heavy atom. The molecule has 8 heteroatoms. The summed E-state index contributed by atoms with van der Waals surface area (Å²) in [4.78, 5) is 21.5. The van der Waals surface area contributed by atoms with Crippen molar-refractivity contribution in [1.29, 1.82) is 0 Å². The molecule has 4 aromatic rings. The van der Waals surface area contributed by atoms with Crippen LogP contribution in [-0.2, 0) is 0 Å². The van der Waals surface area contributed by atoms with Gasteiger partial charge in [-0.2, -0.15) is 0 Å². The van der Waals surface area contributed by atoms with Crippen molar-refractivity contribution >= 4 is 45.1 Å². The number of aliphatic imine (C=N–C) groups is 4. The summed E-state index contributed by atoms with van der Waals surface area (Å²) in [6.07, 6.45) is 34.4. The Labute approximate surface area is 398 Å². The van der Waals surface area contributed by atoms with E-state index in [1.807, 2.05) is 140 Å². The standard InChI is InChI=1S/C60H52N4O4/c1-5-9-33-65-52-25-17-13-21-46(52)50-39-45-38-43-30-29-41(61-43)37-42-31-32-44(62-42)40-51-56(47-22-14-18-26-53(47)66-34-10-6-2)57(48-23-15-19-27-54(48)67-35-11-7-3)60(64-51)58(59(50)63-45)49-24-16-20-28-55(49)68-36-12-8-4/h9-40H,5-8H2,1-4H3. The van der Waals surface area contributed by atoms with Crippen LogP contribution in [0.25, 0.3) is 22.3 Å². The quantitative estimate of drug-likeness (QED) is 0.105. The van der Waals surface area contributed by atoms with Crippen LogP contribution in [0.2, 0.25) is 0 Å². The summed E-state index contributed by atoms with van der Waals surface area (Å²) in [5.41, 5.74) is 12.2. The van der Waals surface area contributed by atoms with Gasteiger partial charge in [0.15, 0.2) is 0 Å². The van der Waals surface area contributed by atoms with Gasteiger partial charge >= 0.3 is 0 Å². The summed E-state index contributed by atoms with van der Waals surface area (Å²) in [7, 11) is 0. The van der Waals surface area contributed by atoms with E-state index in [2.05, 4.69) is 58.0 Å². The second-order valence-corrected chi connectivity index (χ2v) is 16.0. The molecule has 0 saturated carbocycles. The summed E-state index contributed by atoms with van der Waals surface area (Å²) in [5.74, 6) is 2.62. The zero-order valence-electron chi connectivity index (χ0n) is 38.7. The number of para-hydroxylation sites is 4. The molecule has 0 amide bonds. The van der Waals surface area contributed by atoms with Gasteiger partial charge in [-0.25, -0.2) is 20.0 Å². The molecule has 0 aromatic heterocycles. The molecule has 9 rings (SSSR count). The molecule has 0 aliphatic carbocycles. The molecule has 8 bridgehead atoms. The minimum atomic E-state index is 0.626. The normalized spacial score (nSPS) is 16.4. The Bertz CT molecular complexity index is 3150. The van der Waals surface area contributed by atoms with E-state index < -0.39 is 0 Å². The molecule has 0 radical (unpaired) electrons. The van der Waals surface area contributed by atoms with Gasteiger partial charge in [-0.15, -0.1) is 0 Å². The van der Waals surface area contributed by atoms with Gasteiger partial charge in [0.2, 0.25) is 0 Å². The van der Waals surface area contributed by atoms with Gasteiger partial charge in [0, 0.05) is 44.5 Å². The molecule has 5 heterocycles. The van der Waals surface area contributed by atoms with Gasteiger partial charge in [0.25, 0.3) is 0 Å². The summed E-state index contributed by atoms with van der Waals surface area (Å²) in [5, 5.41) is 0. The number of nitrogens with zero attached hydrogens (tertiary/aromatic N) is 4. The first kappa shape index (κ1) is 44.8. The predicted molar refractivity (Wildman–Crippen MR) is 280 cm³/mol. The lowest BCUT2D eigenvalue weighted by Crippen LogP contribution is -2.09. The van der Waals surface area contributed by atoms with Crippen LogP contribution in [0.1, 0.15) is 75.6 Å². The highest BCUT2D eigenvalue weighted by Crippen LogP contribution is 2.51. The molecular formula is C60H52N4O4. The Hall–Kier alpha value is -8.36. The fourth-order valence-corrected chi connectivity index (χ4v) is 8.12. The molecular weight excluding hydrogens is 841 g/mol. The minimum absolute atomic E-state index is 0.626. The lowest BCUT2D eigenvalue weighted by molar-refractivity contribution is 0.477. The predicted octanol–water partition coefficient (Wildman–Crippen LogP) is 14.9. The van der Waals surface area contributed by atoms with Crippen LogP contribution in [0.5, 0.6) is 23.0 Å². The topological polar surface area (TPSA) is 86.4 Å². The second kappa shape index (κ2) is 21.3. The van der Waals surface area contributed by atoms with Gasteiger partial charge in [-0.05, 0) is 123 Å². The second-order valence-electron chi connectivity index (χ2n) is 16.0. The van der Waals surface area contributed by atoms with Gasteiger partial charge in [-0.1, -0.05) is 100 Å². The molecule has 0 saturated heterocycles. The van der Waals surface area contributed by atoms with Crippen molar-refractivity contribution in [2.24, 2.45) is 20.0 Å². The molecule has 0 spiro atoms. The van der Waals surface area contributed by atoms with E-state index in [4.69, 9.17) is 38.9 Å². The molecule has 336 valence electrons. The Kier molecular flexibility index (Phi) is 14.0. The van der Waals surface area contributed by atoms with Crippen LogP contribution in [0.15, 0.2) is 238 Å². The maximum absolute atomic E-state index is 6.57. The molecule has 5 aliphatic heterocycles. The number of fused-ring (bicyclic) bond motifs is 4. The van der Waals surface area contributed by atoms with Crippen molar-refractivity contribution in [2.75, 3.05) is 0 Å². The van der Waals surface area contributed by atoms with Crippen LogP contribution >= 0.6 is 0 Å². The SMILES string of the molecule is CCC=COc1ccccc1C1=CC2=CC3=NC(=CC4=NC(=CC5=NC(=C(c6ccccc6OC=CCC)C1=N2)C(c1ccccc1OC=CCC)=C5c1ccccc1OC=CCC)C=C4)C=C3. The van der Waals surface area contributed by atoms with Crippen molar-refractivity contribution in [3.63, 3.8) is 0 Å². The van der Waals surface area contributed by atoms with Crippen LogP contribution < -0.4 is 18.9 Å². The number of benzene rings is 4. The van der Waals surface area contributed by atoms with E-state index in [0.717, 1.165) is 93.0 Å². The zero-order chi connectivity index (χ0) is 46.7. The van der Waals surface area contributed by atoms with Crippen LogP contribution in [0, 0.1) is 0 Å². The number of rotatable bonds is 16. The van der Waals surface area contributed by atoms with E-state index in [1.54, 1.807) is 25.0 Å². The van der Waals surface area contributed by atoms with E-state index in [1.165, 1.54) is 0 Å². The average molecular weight is 893 g/mol. The zero-order valence-corrected chi connectivity index (χ0v) is 38.7. The lowest BCUT2D eigenvalue weighted by Gasteiger charge is -2.21. The highest BCUT2D eigenvalue weighted by Gasteiger charge is 2.36. The minimum Gasteiger partial charge on any atom is -0.465 e. The third kappa shape index (κ3) is 9.76. The molecule has 4 aromatic carbocycles. The fraction of sp³-hybridized carbons (Fsp3) is 0.133. The maximum Gasteiger partial charge on any atom is 0.134 e. The summed E-state index contributed by atoms with van der Waals surface area (Å²) in [6, 6.07) is 32.3. The number of hydrogen-bond donors (Lipinski definition) is 0. The highest BCUT2D eigenvalue weighted by molar-refractivity contribution is 6.51. The van der Waals surface area contributed by atoms with E-state index in [9.17, 15) is 0 Å². The monoisotopic (exact) mass is 892 g/mol. The van der Waals surface area contributed by atoms with Crippen LogP contribution in [-0.4, -0.2) is 22.8 Å². The van der Waals surface area contributed by atoms with Gasteiger partial charge in [-0.3, -0.25) is 0 Å². The summed E-state index contributed by atoms with van der Waals surface area (Å²) in [6.45, 7) is 8.33. The van der Waals surface area contributed by atoms with Crippen molar-refractivity contribution in [1.82, 2.24) is 0 Å². The van der Waals surface area contributed by atoms with Gasteiger partial charge in [0.1, 0.15) is 23.0 Å². The van der Waals surface area contributed by atoms with Crippen molar-refractivity contribution in [2.45, 2.75) is 53.4 Å². The van der Waals surface area contributed by atoms with Crippen molar-refractivity contribution in [3.8, 4) is 23.0 Å². The van der Waals surface area contributed by atoms with Crippen molar-refractivity contribution in [3.05, 3.63) is 240 Å². The molecule has 0 fully saturated rings. The summed E-state index contributed by atoms with van der Waals surface area (Å²) < 4.78 is 26.0. The van der Waals surface area contributed by atoms with Crippen LogP contribution in [0.3, 0.4) is 0 Å². The Morgan fingerprint density at radius 2 is 0.794 bits per heavy atom. The third-order valence-corrected chi connectivity index (χ3v) is 11.2. The largest absolute Gasteiger partial charge is 0.465 e. The van der Waals surface area contributed by atoms with Gasteiger partial charge in [0.05, 0.1) is 70.7 Å². The molecule has 0 N–H and O–H groups in total. The van der Waals surface area contributed by atoms with E-state index in [0.29, 0.717) is 45.8 Å². The maximum atomic E-state index is 6.57. The number of allylic oxidation sites excluding steroid dienone is 16. The van der Waals surface area contributed by atoms with E-state index in [-0.39, 0.29) is 0 Å². The first-order valence-electron chi connectivity index (χ1n) is 23.3. The Balaban J connectivity index is 1.46. The van der Waals surface area contributed by atoms with Crippen LogP contribution in [0.4, 0.5) is 0 Å². The highest BCUT2D eigenvalue weighted by atomic mass is 16.5. The van der Waals surface area contributed by atoms with Crippen molar-refractivity contribution < 1.29 is 18.9 Å². The molecule has 0 atom stereocenters. The fourth-order valence-electron chi connectivity index (χ4n) is 8.12. The Morgan fingerprint density at radius 3 is 1.29 bits per heavy atom. The molecule has 68 heavy (non-hydrogen) atoms. The molecule has 8 nitrogen and oxygen atoms in total. The number of hydrogen-bond acceptors (Lipinski definition) is 8. The number of ether oxygens (including phenoxy) is 4. The average Bonchev–Trinajstić information content (AvgIpc) is 4.18. The van der Waals surface area contributed by atoms with Gasteiger partial charge < -0.3 is 18.9 Å². The van der Waals surface area contributed by atoms with E-state index >= 15 is 0 Å². The summed E-state index contributed by atoms with van der Waals surface area (Å²) >= 11 is 0. The molecule has 5 aliphatic rings. The lowest BCUT2D eigenvalue weighted by atomic mass is 9.85. The molecule has 0 unspecified atom stereocenters. The first-order valence-corrected chi connectivity index (χ1v) is 23.3. The smallest absolute Gasteiger partial charge is 0.134 e. The first-order chi connectivity index (χ1) is 33.6. The third-order valence-electron chi connectivity index (χ3n) is 11.2.